The van der Waals surface area contributed by atoms with Gasteiger partial charge in [0.15, 0.2) is 19.0 Å². The van der Waals surface area contributed by atoms with Gasteiger partial charge in [0.1, 0.15) is 13.2 Å². The van der Waals surface area contributed by atoms with Gasteiger partial charge in [-0.1, -0.05) is 0 Å². The minimum Gasteiger partial charge on any atom is -0.459 e. The minimum atomic E-state index is -6.47. The number of carbonyl (C=O) groups excluding carboxylic acids is 2. The van der Waals surface area contributed by atoms with Crippen LogP contribution in [-0.2, 0) is 38.7 Å². The van der Waals surface area contributed by atoms with Crippen LogP contribution in [0.4, 0.5) is 43.9 Å². The van der Waals surface area contributed by atoms with Crippen LogP contribution in [0.1, 0.15) is 32.1 Å². The summed E-state index contributed by atoms with van der Waals surface area (Å²) in [5, 5.41) is -5.74. The zero-order chi connectivity index (χ0) is 31.1. The van der Waals surface area contributed by atoms with Crippen LogP contribution in [0.15, 0.2) is 0 Å². The van der Waals surface area contributed by atoms with Crippen molar-refractivity contribution in [3.8, 4) is 0 Å². The summed E-state index contributed by atoms with van der Waals surface area (Å²) in [4.78, 5) is 24.0. The second kappa shape index (κ2) is 9.54. The lowest BCUT2D eigenvalue weighted by atomic mass is 9.47. The summed E-state index contributed by atoms with van der Waals surface area (Å²) in [5.41, 5.74) is -1.60. The van der Waals surface area contributed by atoms with E-state index in [1.165, 1.54) is 0 Å². The minimum absolute atomic E-state index is 0.0194. The molecule has 1 aliphatic heterocycles. The molecule has 4 aliphatic carbocycles. The molecule has 1 spiro atoms. The Morgan fingerprint density at radius 3 is 1.68 bits per heavy atom. The van der Waals surface area contributed by atoms with Gasteiger partial charge in [0.05, 0.1) is 5.41 Å². The van der Waals surface area contributed by atoms with E-state index < -0.39 is 100 Å². The van der Waals surface area contributed by atoms with Crippen LogP contribution < -0.4 is 0 Å². The van der Waals surface area contributed by atoms with Gasteiger partial charge in [-0.15, -0.1) is 0 Å². The van der Waals surface area contributed by atoms with Crippen molar-refractivity contribution in [2.45, 2.75) is 66.8 Å². The van der Waals surface area contributed by atoms with Crippen LogP contribution in [0, 0.1) is 23.2 Å². The third-order valence-electron chi connectivity index (χ3n) is 8.12. The summed E-state index contributed by atoms with van der Waals surface area (Å²) in [7, 11) is -6.47. The third-order valence-corrected chi connectivity index (χ3v) is 8.93. The molecular weight excluding hydrogens is 618 g/mol. The van der Waals surface area contributed by atoms with E-state index in [1.54, 1.807) is 0 Å². The lowest BCUT2D eigenvalue weighted by Gasteiger charge is -2.62. The van der Waals surface area contributed by atoms with Crippen LogP contribution in [0.3, 0.4) is 0 Å². The van der Waals surface area contributed by atoms with E-state index >= 15 is 0 Å². The van der Waals surface area contributed by atoms with E-state index in [2.05, 4.69) is 9.47 Å². The van der Waals surface area contributed by atoms with Crippen LogP contribution in [0.2, 0.25) is 0 Å². The number of ether oxygens (including phenoxy) is 4. The molecule has 41 heavy (non-hydrogen) atoms. The number of esters is 2. The predicted molar refractivity (Wildman–Crippen MR) is 109 cm³/mol. The largest absolute Gasteiger partial charge is 0.465 e. The zero-order valence-electron chi connectivity index (χ0n) is 20.5. The normalized spacial score (nSPS) is 32.4. The molecule has 4 saturated carbocycles. The third kappa shape index (κ3) is 5.15. The molecule has 20 heteroatoms. The lowest BCUT2D eigenvalue weighted by molar-refractivity contribution is -0.346. The molecule has 5 aliphatic rings. The van der Waals surface area contributed by atoms with Gasteiger partial charge in [0.2, 0.25) is 0 Å². The summed E-state index contributed by atoms with van der Waals surface area (Å²) in [6.45, 7) is -8.50. The van der Waals surface area contributed by atoms with E-state index in [-0.39, 0.29) is 38.0 Å². The second-order valence-corrected chi connectivity index (χ2v) is 12.3. The van der Waals surface area contributed by atoms with Gasteiger partial charge in [-0.05, 0) is 38.0 Å². The van der Waals surface area contributed by atoms with E-state index in [9.17, 15) is 61.9 Å². The standard InChI is InChI=1S/C21H22F10O9S/c22-16(23,17(24,25)7-38-14(33)21(30,31)41(34,35)36)6-37-13(32)15-3-10-1-11(4-15)20(12(2-10)5-15)39-8-18(26,27)19(28,29)9-40-20/h10-12H,1-9H2,(H,34,35,36). The summed E-state index contributed by atoms with van der Waals surface area (Å²) < 4.78 is 186. The highest BCUT2D eigenvalue weighted by Crippen LogP contribution is 2.66. The Morgan fingerprint density at radius 2 is 1.24 bits per heavy atom. The monoisotopic (exact) mass is 640 g/mol. The van der Waals surface area contributed by atoms with Gasteiger partial charge in [0, 0.05) is 11.8 Å². The fourth-order valence-corrected chi connectivity index (χ4v) is 6.44. The first-order chi connectivity index (χ1) is 18.4. The number of alkyl halides is 10. The highest BCUT2D eigenvalue weighted by atomic mass is 32.2. The van der Waals surface area contributed by atoms with Crippen LogP contribution in [0.5, 0.6) is 0 Å². The molecule has 9 nitrogen and oxygen atoms in total. The summed E-state index contributed by atoms with van der Waals surface area (Å²) >= 11 is 0. The molecule has 0 radical (unpaired) electrons. The molecule has 4 bridgehead atoms. The topological polar surface area (TPSA) is 125 Å². The molecule has 1 N–H and O–H groups in total. The Kier molecular flexibility index (Phi) is 7.44. The molecule has 0 amide bonds. The fourth-order valence-electron chi connectivity index (χ4n) is 6.17. The fraction of sp³-hybridized carbons (Fsp3) is 0.905. The Morgan fingerprint density at radius 1 is 0.805 bits per heavy atom. The van der Waals surface area contributed by atoms with Crippen molar-refractivity contribution in [2.75, 3.05) is 26.4 Å². The molecule has 0 aromatic heterocycles. The Labute approximate surface area is 224 Å². The van der Waals surface area contributed by atoms with Crippen LogP contribution >= 0.6 is 0 Å². The smallest absolute Gasteiger partial charge is 0.459 e. The highest BCUT2D eigenvalue weighted by Gasteiger charge is 2.71. The van der Waals surface area contributed by atoms with Crippen molar-refractivity contribution in [3.63, 3.8) is 0 Å². The number of carbonyl (C=O) groups is 2. The Bertz CT molecular complexity index is 1160. The lowest BCUT2D eigenvalue weighted by Crippen LogP contribution is -2.65. The summed E-state index contributed by atoms with van der Waals surface area (Å²) in [5.74, 6) is -28.7. The van der Waals surface area contributed by atoms with Crippen molar-refractivity contribution >= 4 is 22.1 Å². The predicted octanol–water partition coefficient (Wildman–Crippen LogP) is 3.66. The molecule has 2 unspecified atom stereocenters. The first-order valence-electron chi connectivity index (χ1n) is 11.9. The maximum absolute atomic E-state index is 14.2. The maximum Gasteiger partial charge on any atom is 0.465 e. The van der Waals surface area contributed by atoms with E-state index in [0.29, 0.717) is 0 Å². The van der Waals surface area contributed by atoms with Gasteiger partial charge in [-0.2, -0.15) is 52.3 Å². The summed E-state index contributed by atoms with van der Waals surface area (Å²) in [6.07, 6.45) is -0.209. The van der Waals surface area contributed by atoms with Gasteiger partial charge in [-0.25, -0.2) is 4.79 Å². The molecule has 0 aromatic carbocycles. The highest BCUT2D eigenvalue weighted by molar-refractivity contribution is 7.87. The summed E-state index contributed by atoms with van der Waals surface area (Å²) in [6, 6.07) is 0. The Hall–Kier alpha value is -1.93. The molecule has 1 heterocycles. The van der Waals surface area contributed by atoms with Gasteiger partial charge in [-0.3, -0.25) is 9.35 Å². The second-order valence-electron chi connectivity index (χ2n) is 10.9. The molecule has 2 atom stereocenters. The zero-order valence-corrected chi connectivity index (χ0v) is 21.3. The molecular formula is C21H22F10O9S. The quantitative estimate of drug-likeness (QED) is 0.241. The van der Waals surface area contributed by atoms with Crippen molar-refractivity contribution in [1.29, 1.82) is 0 Å². The van der Waals surface area contributed by atoms with E-state index in [1.807, 2.05) is 0 Å². The number of rotatable bonds is 8. The van der Waals surface area contributed by atoms with Gasteiger partial charge in [0.25, 0.3) is 0 Å². The molecule has 5 fully saturated rings. The number of hydrogen-bond donors (Lipinski definition) is 1. The van der Waals surface area contributed by atoms with E-state index in [4.69, 9.17) is 14.0 Å². The van der Waals surface area contributed by atoms with E-state index in [0.717, 1.165) is 0 Å². The van der Waals surface area contributed by atoms with Gasteiger partial charge >= 0.3 is 51.0 Å². The Balaban J connectivity index is 1.42. The van der Waals surface area contributed by atoms with Gasteiger partial charge < -0.3 is 18.9 Å². The molecule has 0 aromatic rings. The average molecular weight is 640 g/mol. The van der Waals surface area contributed by atoms with Crippen molar-refractivity contribution < 1.29 is 85.4 Å². The van der Waals surface area contributed by atoms with Crippen molar-refractivity contribution in [1.82, 2.24) is 0 Å². The molecule has 5 rings (SSSR count). The SMILES string of the molecule is O=C(OCC(F)(F)C(F)(F)COC(=O)C(F)(F)S(=O)(=O)O)C12CC3CC(C1)C1(OCC(F)(F)C(F)(F)CO1)C(C3)C2. The maximum atomic E-state index is 14.2. The van der Waals surface area contributed by atoms with Crippen LogP contribution in [0.25, 0.3) is 0 Å². The molecule has 1 saturated heterocycles. The number of hydrogen-bond acceptors (Lipinski definition) is 8. The number of halogens is 10. The molecule has 236 valence electrons. The van der Waals surface area contributed by atoms with Crippen molar-refractivity contribution in [2.24, 2.45) is 23.2 Å². The van der Waals surface area contributed by atoms with Crippen LogP contribution in [-0.4, -0.2) is 86.1 Å². The first kappa shape index (κ1) is 32.0. The average Bonchev–Trinajstić information content (AvgIpc) is 2.92. The van der Waals surface area contributed by atoms with Crippen molar-refractivity contribution in [3.05, 3.63) is 0 Å². The first-order valence-corrected chi connectivity index (χ1v) is 13.3.